The molecule has 4 heteroatoms. The number of rotatable bonds is 6. The molecule has 116 valence electrons. The Hall–Kier alpha value is -2.20. The Morgan fingerprint density at radius 1 is 1.18 bits per heavy atom. The van der Waals surface area contributed by atoms with E-state index in [0.717, 1.165) is 11.1 Å². The van der Waals surface area contributed by atoms with E-state index in [4.69, 9.17) is 0 Å². The van der Waals surface area contributed by atoms with Gasteiger partial charge in [-0.1, -0.05) is 30.3 Å². The average molecular weight is 298 g/mol. The maximum atomic E-state index is 12.6. The van der Waals surface area contributed by atoms with Gasteiger partial charge < -0.3 is 10.4 Å². The molecule has 0 radical (unpaired) electrons. The number of benzene rings is 1. The molecule has 1 amide bonds. The van der Waals surface area contributed by atoms with Gasteiger partial charge in [0.1, 0.15) is 0 Å². The molecule has 0 saturated carbocycles. The predicted octanol–water partition coefficient (Wildman–Crippen LogP) is 2.29. The standard InChI is InChI=1S/C18H22N2O2/c1-18(2,22)13-20-17(21)16(15-6-4-3-5-7-15)12-14-8-10-19-11-9-14/h3-11,16,22H,12-13H2,1-2H3,(H,20,21). The smallest absolute Gasteiger partial charge is 0.227 e. The Kier molecular flexibility index (Phi) is 5.28. The van der Waals surface area contributed by atoms with Gasteiger partial charge in [-0.2, -0.15) is 0 Å². The number of pyridine rings is 1. The number of aromatic nitrogens is 1. The van der Waals surface area contributed by atoms with E-state index in [9.17, 15) is 9.90 Å². The van der Waals surface area contributed by atoms with E-state index in [1.165, 1.54) is 0 Å². The Balaban J connectivity index is 2.17. The second-order valence-corrected chi connectivity index (χ2v) is 6.05. The number of amides is 1. The molecule has 0 aliphatic rings. The van der Waals surface area contributed by atoms with Crippen LogP contribution < -0.4 is 5.32 Å². The third-order valence-electron chi connectivity index (χ3n) is 3.40. The van der Waals surface area contributed by atoms with Crippen LogP contribution in [0.3, 0.4) is 0 Å². The van der Waals surface area contributed by atoms with Gasteiger partial charge >= 0.3 is 0 Å². The molecule has 0 saturated heterocycles. The lowest BCUT2D eigenvalue weighted by Gasteiger charge is -2.22. The number of carbonyl (C=O) groups is 1. The SMILES string of the molecule is CC(C)(O)CNC(=O)C(Cc1ccncc1)c1ccccc1. The highest BCUT2D eigenvalue weighted by Gasteiger charge is 2.23. The molecule has 0 aliphatic heterocycles. The molecule has 1 aromatic heterocycles. The largest absolute Gasteiger partial charge is 0.389 e. The molecule has 1 heterocycles. The molecule has 0 aliphatic carbocycles. The normalized spacial score (nSPS) is 12.7. The summed E-state index contributed by atoms with van der Waals surface area (Å²) >= 11 is 0. The minimum absolute atomic E-state index is 0.0786. The van der Waals surface area contributed by atoms with Crippen molar-refractivity contribution in [3.63, 3.8) is 0 Å². The fraction of sp³-hybridized carbons (Fsp3) is 0.333. The van der Waals surface area contributed by atoms with E-state index in [2.05, 4.69) is 10.3 Å². The molecule has 0 bridgehead atoms. The van der Waals surface area contributed by atoms with Crippen LogP contribution in [-0.2, 0) is 11.2 Å². The molecule has 1 aromatic carbocycles. The lowest BCUT2D eigenvalue weighted by Crippen LogP contribution is -2.40. The highest BCUT2D eigenvalue weighted by Crippen LogP contribution is 2.21. The number of nitrogens with zero attached hydrogens (tertiary/aromatic N) is 1. The topological polar surface area (TPSA) is 62.2 Å². The van der Waals surface area contributed by atoms with Crippen molar-refractivity contribution in [2.45, 2.75) is 31.8 Å². The molecule has 2 N–H and O–H groups in total. The predicted molar refractivity (Wildman–Crippen MR) is 86.4 cm³/mol. The average Bonchev–Trinajstić information content (AvgIpc) is 2.51. The molecule has 0 spiro atoms. The number of nitrogens with one attached hydrogen (secondary N) is 1. The zero-order valence-electron chi connectivity index (χ0n) is 13.0. The Morgan fingerprint density at radius 2 is 1.82 bits per heavy atom. The van der Waals surface area contributed by atoms with Crippen LogP contribution in [0.1, 0.15) is 30.9 Å². The molecular formula is C18H22N2O2. The summed E-state index contributed by atoms with van der Waals surface area (Å²) in [6.45, 7) is 3.58. The fourth-order valence-electron chi connectivity index (χ4n) is 2.23. The van der Waals surface area contributed by atoms with E-state index in [1.807, 2.05) is 42.5 Å². The van der Waals surface area contributed by atoms with Gasteiger partial charge in [-0.25, -0.2) is 0 Å². The summed E-state index contributed by atoms with van der Waals surface area (Å²) in [5.74, 6) is -0.365. The van der Waals surface area contributed by atoms with Gasteiger partial charge in [0.2, 0.25) is 5.91 Å². The van der Waals surface area contributed by atoms with Gasteiger partial charge in [0.25, 0.3) is 0 Å². The van der Waals surface area contributed by atoms with Crippen LogP contribution >= 0.6 is 0 Å². The van der Waals surface area contributed by atoms with Crippen LogP contribution in [0.2, 0.25) is 0 Å². The van der Waals surface area contributed by atoms with E-state index in [-0.39, 0.29) is 18.4 Å². The van der Waals surface area contributed by atoms with Crippen LogP contribution in [0.15, 0.2) is 54.9 Å². The summed E-state index contributed by atoms with van der Waals surface area (Å²) in [6.07, 6.45) is 4.06. The monoisotopic (exact) mass is 298 g/mol. The van der Waals surface area contributed by atoms with Gasteiger partial charge in [-0.3, -0.25) is 9.78 Å². The number of carbonyl (C=O) groups excluding carboxylic acids is 1. The van der Waals surface area contributed by atoms with Gasteiger partial charge in [0, 0.05) is 18.9 Å². The molecule has 1 unspecified atom stereocenters. The quantitative estimate of drug-likeness (QED) is 0.860. The Labute approximate surface area is 131 Å². The first-order valence-electron chi connectivity index (χ1n) is 7.40. The summed E-state index contributed by atoms with van der Waals surface area (Å²) in [5.41, 5.74) is 1.10. The summed E-state index contributed by atoms with van der Waals surface area (Å²) in [4.78, 5) is 16.6. The number of aliphatic hydroxyl groups is 1. The van der Waals surface area contributed by atoms with Crippen LogP contribution in [0.4, 0.5) is 0 Å². The van der Waals surface area contributed by atoms with E-state index in [0.29, 0.717) is 6.42 Å². The van der Waals surface area contributed by atoms with Crippen molar-refractivity contribution >= 4 is 5.91 Å². The maximum Gasteiger partial charge on any atom is 0.227 e. The van der Waals surface area contributed by atoms with E-state index >= 15 is 0 Å². The van der Waals surface area contributed by atoms with Gasteiger partial charge in [0.15, 0.2) is 0 Å². The van der Waals surface area contributed by atoms with Crippen molar-refractivity contribution in [1.29, 1.82) is 0 Å². The Bertz CT molecular complexity index is 591. The summed E-state index contributed by atoms with van der Waals surface area (Å²) in [5, 5.41) is 12.6. The lowest BCUT2D eigenvalue weighted by atomic mass is 9.91. The van der Waals surface area contributed by atoms with E-state index in [1.54, 1.807) is 26.2 Å². The third-order valence-corrected chi connectivity index (χ3v) is 3.40. The number of hydrogen-bond acceptors (Lipinski definition) is 3. The molecule has 1 atom stereocenters. The van der Waals surface area contributed by atoms with Crippen molar-refractivity contribution in [2.75, 3.05) is 6.54 Å². The number of hydrogen-bond donors (Lipinski definition) is 2. The molecule has 0 fully saturated rings. The zero-order valence-corrected chi connectivity index (χ0v) is 13.0. The highest BCUT2D eigenvalue weighted by atomic mass is 16.3. The van der Waals surface area contributed by atoms with Crippen molar-refractivity contribution in [3.8, 4) is 0 Å². The van der Waals surface area contributed by atoms with E-state index < -0.39 is 5.60 Å². The first-order valence-corrected chi connectivity index (χ1v) is 7.40. The minimum Gasteiger partial charge on any atom is -0.389 e. The first kappa shape index (κ1) is 16.2. The molecular weight excluding hydrogens is 276 g/mol. The van der Waals surface area contributed by atoms with Crippen molar-refractivity contribution in [2.24, 2.45) is 0 Å². The zero-order chi connectivity index (χ0) is 16.0. The van der Waals surface area contributed by atoms with Gasteiger partial charge in [-0.15, -0.1) is 0 Å². The minimum atomic E-state index is -0.923. The molecule has 2 rings (SSSR count). The molecule has 2 aromatic rings. The van der Waals surface area contributed by atoms with Crippen molar-refractivity contribution in [3.05, 3.63) is 66.0 Å². The first-order chi connectivity index (χ1) is 10.5. The Morgan fingerprint density at radius 3 is 2.41 bits per heavy atom. The summed E-state index contributed by atoms with van der Waals surface area (Å²) in [6, 6.07) is 13.5. The second kappa shape index (κ2) is 7.18. The molecule has 4 nitrogen and oxygen atoms in total. The van der Waals surface area contributed by atoms with Crippen LogP contribution in [-0.4, -0.2) is 28.1 Å². The lowest BCUT2D eigenvalue weighted by molar-refractivity contribution is -0.123. The molecule has 22 heavy (non-hydrogen) atoms. The van der Waals surface area contributed by atoms with Crippen molar-refractivity contribution in [1.82, 2.24) is 10.3 Å². The summed E-state index contributed by atoms with van der Waals surface area (Å²) in [7, 11) is 0. The van der Waals surface area contributed by atoms with Crippen LogP contribution in [0.5, 0.6) is 0 Å². The van der Waals surface area contributed by atoms with Crippen LogP contribution in [0, 0.1) is 0 Å². The maximum absolute atomic E-state index is 12.6. The second-order valence-electron chi connectivity index (χ2n) is 6.05. The van der Waals surface area contributed by atoms with Gasteiger partial charge in [-0.05, 0) is 43.5 Å². The summed E-state index contributed by atoms with van der Waals surface area (Å²) < 4.78 is 0. The van der Waals surface area contributed by atoms with Crippen LogP contribution in [0.25, 0.3) is 0 Å². The fourth-order valence-corrected chi connectivity index (χ4v) is 2.23. The third kappa shape index (κ3) is 4.97. The van der Waals surface area contributed by atoms with Gasteiger partial charge in [0.05, 0.1) is 11.5 Å². The highest BCUT2D eigenvalue weighted by molar-refractivity contribution is 5.84. The van der Waals surface area contributed by atoms with Crippen molar-refractivity contribution < 1.29 is 9.90 Å².